The zero-order chi connectivity index (χ0) is 13.4. The van der Waals surface area contributed by atoms with Gasteiger partial charge in [-0.2, -0.15) is 0 Å². The van der Waals surface area contributed by atoms with Crippen LogP contribution < -0.4 is 4.74 Å². The van der Waals surface area contributed by atoms with Crippen LogP contribution >= 0.6 is 0 Å². The molecule has 0 aromatic heterocycles. The van der Waals surface area contributed by atoms with Crippen LogP contribution in [0, 0.1) is 5.82 Å². The average molecular weight is 264 g/mol. The quantitative estimate of drug-likeness (QED) is 0.755. The molecular weight excluding hydrogens is 247 g/mol. The molecule has 0 radical (unpaired) electrons. The summed E-state index contributed by atoms with van der Waals surface area (Å²) in [5.74, 6) is 0.369. The van der Waals surface area contributed by atoms with Crippen molar-refractivity contribution in [1.29, 1.82) is 0 Å². The molecule has 0 saturated carbocycles. The largest absolute Gasteiger partial charge is 0.480 e. The standard InChI is InChI=1S/C14H17FN2O2/c1-16-4-6-17(7-5-16)14(18)13-9-10-8-11(15)2-3-12(10)19-13/h2-3,8,13H,4-7,9H2,1H3. The van der Waals surface area contributed by atoms with Crippen LogP contribution in [0.25, 0.3) is 0 Å². The molecule has 1 unspecified atom stereocenters. The van der Waals surface area contributed by atoms with Crippen LogP contribution in [0.1, 0.15) is 5.56 Å². The van der Waals surface area contributed by atoms with Crippen molar-refractivity contribution < 1.29 is 13.9 Å². The molecule has 5 heteroatoms. The van der Waals surface area contributed by atoms with Gasteiger partial charge in [0.15, 0.2) is 6.10 Å². The van der Waals surface area contributed by atoms with Crippen molar-refractivity contribution in [3.63, 3.8) is 0 Å². The summed E-state index contributed by atoms with van der Waals surface area (Å²) in [7, 11) is 2.05. The number of halogens is 1. The van der Waals surface area contributed by atoms with E-state index in [2.05, 4.69) is 4.90 Å². The summed E-state index contributed by atoms with van der Waals surface area (Å²) in [5.41, 5.74) is 0.785. The fourth-order valence-corrected chi connectivity index (χ4v) is 2.59. The van der Waals surface area contributed by atoms with E-state index >= 15 is 0 Å². The van der Waals surface area contributed by atoms with Gasteiger partial charge >= 0.3 is 0 Å². The Morgan fingerprint density at radius 3 is 2.79 bits per heavy atom. The number of carbonyl (C=O) groups excluding carboxylic acids is 1. The number of piperazine rings is 1. The lowest BCUT2D eigenvalue weighted by atomic mass is 10.1. The van der Waals surface area contributed by atoms with Crippen LogP contribution in [0.2, 0.25) is 0 Å². The minimum atomic E-state index is -0.486. The first-order valence-electron chi connectivity index (χ1n) is 6.56. The predicted octanol–water partition coefficient (Wildman–Crippen LogP) is 0.903. The molecule has 19 heavy (non-hydrogen) atoms. The van der Waals surface area contributed by atoms with Crippen LogP contribution in [0.5, 0.6) is 5.75 Å². The van der Waals surface area contributed by atoms with Crippen molar-refractivity contribution in [3.05, 3.63) is 29.6 Å². The zero-order valence-corrected chi connectivity index (χ0v) is 10.9. The first kappa shape index (κ1) is 12.4. The Morgan fingerprint density at radius 1 is 1.32 bits per heavy atom. The highest BCUT2D eigenvalue weighted by atomic mass is 19.1. The molecule has 1 saturated heterocycles. The Labute approximate surface area is 111 Å². The molecule has 0 bridgehead atoms. The lowest BCUT2D eigenvalue weighted by molar-refractivity contribution is -0.139. The maximum Gasteiger partial charge on any atom is 0.264 e. The Balaban J connectivity index is 1.67. The van der Waals surface area contributed by atoms with Crippen LogP contribution in [-0.2, 0) is 11.2 Å². The van der Waals surface area contributed by atoms with E-state index in [0.29, 0.717) is 12.2 Å². The lowest BCUT2D eigenvalue weighted by Gasteiger charge is -2.33. The number of benzene rings is 1. The summed E-state index contributed by atoms with van der Waals surface area (Å²) in [6, 6.07) is 4.41. The molecule has 102 valence electrons. The SMILES string of the molecule is CN1CCN(C(=O)C2Cc3cc(F)ccc3O2)CC1. The number of carbonyl (C=O) groups is 1. The molecule has 0 N–H and O–H groups in total. The maximum absolute atomic E-state index is 13.1. The third kappa shape index (κ3) is 2.42. The van der Waals surface area contributed by atoms with Crippen molar-refractivity contribution in [2.45, 2.75) is 12.5 Å². The van der Waals surface area contributed by atoms with Gasteiger partial charge in [-0.1, -0.05) is 0 Å². The second-order valence-electron chi connectivity index (χ2n) is 5.19. The van der Waals surface area contributed by atoms with E-state index in [1.807, 2.05) is 11.9 Å². The Hall–Kier alpha value is -1.62. The third-order valence-corrected chi connectivity index (χ3v) is 3.79. The first-order valence-corrected chi connectivity index (χ1v) is 6.56. The van der Waals surface area contributed by atoms with E-state index in [1.54, 1.807) is 6.07 Å². The van der Waals surface area contributed by atoms with E-state index < -0.39 is 6.10 Å². The minimum absolute atomic E-state index is 0.0182. The monoisotopic (exact) mass is 264 g/mol. The fourth-order valence-electron chi connectivity index (χ4n) is 2.59. The Bertz CT molecular complexity index is 498. The number of fused-ring (bicyclic) bond motifs is 1. The van der Waals surface area contributed by atoms with E-state index in [1.165, 1.54) is 12.1 Å². The van der Waals surface area contributed by atoms with Crippen LogP contribution in [0.3, 0.4) is 0 Å². The van der Waals surface area contributed by atoms with Gasteiger partial charge in [-0.05, 0) is 25.2 Å². The van der Waals surface area contributed by atoms with Gasteiger partial charge in [0.05, 0.1) is 0 Å². The third-order valence-electron chi connectivity index (χ3n) is 3.79. The first-order chi connectivity index (χ1) is 9.13. The second-order valence-corrected chi connectivity index (χ2v) is 5.19. The molecule has 2 aliphatic rings. The van der Waals surface area contributed by atoms with E-state index in [4.69, 9.17) is 4.74 Å². The summed E-state index contributed by atoms with van der Waals surface area (Å²) < 4.78 is 18.8. The molecule has 0 aliphatic carbocycles. The molecule has 1 fully saturated rings. The smallest absolute Gasteiger partial charge is 0.264 e. The van der Waals surface area contributed by atoms with Crippen molar-refractivity contribution in [2.24, 2.45) is 0 Å². The van der Waals surface area contributed by atoms with Crippen molar-refractivity contribution in [3.8, 4) is 5.75 Å². The van der Waals surface area contributed by atoms with Gasteiger partial charge in [-0.3, -0.25) is 4.79 Å². The average Bonchev–Trinajstić information content (AvgIpc) is 2.81. The molecule has 1 atom stereocenters. The van der Waals surface area contributed by atoms with Crippen LogP contribution in [0.4, 0.5) is 4.39 Å². The summed E-state index contributed by atoms with van der Waals surface area (Å²) in [6.07, 6.45) is -0.0154. The molecule has 1 amide bonds. The van der Waals surface area contributed by atoms with Gasteiger partial charge in [0, 0.05) is 38.2 Å². The molecule has 1 aromatic rings. The summed E-state index contributed by atoms with van der Waals surface area (Å²) in [5, 5.41) is 0. The van der Waals surface area contributed by atoms with E-state index in [-0.39, 0.29) is 11.7 Å². The molecule has 3 rings (SSSR count). The number of nitrogens with zero attached hydrogens (tertiary/aromatic N) is 2. The number of hydrogen-bond donors (Lipinski definition) is 0. The number of ether oxygens (including phenoxy) is 1. The lowest BCUT2D eigenvalue weighted by Crippen LogP contribution is -2.51. The second kappa shape index (κ2) is 4.81. The molecule has 0 spiro atoms. The number of amides is 1. The van der Waals surface area contributed by atoms with E-state index in [0.717, 1.165) is 31.7 Å². The highest BCUT2D eigenvalue weighted by molar-refractivity contribution is 5.82. The summed E-state index contributed by atoms with van der Waals surface area (Å²) >= 11 is 0. The highest BCUT2D eigenvalue weighted by Gasteiger charge is 2.33. The van der Waals surface area contributed by atoms with Crippen molar-refractivity contribution >= 4 is 5.91 Å². The predicted molar refractivity (Wildman–Crippen MR) is 68.6 cm³/mol. The van der Waals surface area contributed by atoms with Gasteiger partial charge in [-0.15, -0.1) is 0 Å². The van der Waals surface area contributed by atoms with Gasteiger partial charge in [-0.25, -0.2) is 4.39 Å². The summed E-state index contributed by atoms with van der Waals surface area (Å²) in [4.78, 5) is 16.4. The topological polar surface area (TPSA) is 32.8 Å². The number of likely N-dealkylation sites (N-methyl/N-ethyl adjacent to an activating group) is 1. The minimum Gasteiger partial charge on any atom is -0.480 e. The van der Waals surface area contributed by atoms with E-state index in [9.17, 15) is 9.18 Å². The van der Waals surface area contributed by atoms with Crippen molar-refractivity contribution in [2.75, 3.05) is 33.2 Å². The highest BCUT2D eigenvalue weighted by Crippen LogP contribution is 2.30. The molecule has 4 nitrogen and oxygen atoms in total. The molecule has 2 heterocycles. The van der Waals surface area contributed by atoms with Gasteiger partial charge in [0.1, 0.15) is 11.6 Å². The molecule has 1 aromatic carbocycles. The summed E-state index contributed by atoms with van der Waals surface area (Å²) in [6.45, 7) is 3.25. The van der Waals surface area contributed by atoms with Gasteiger partial charge < -0.3 is 14.5 Å². The fraction of sp³-hybridized carbons (Fsp3) is 0.500. The van der Waals surface area contributed by atoms with Gasteiger partial charge in [0.2, 0.25) is 0 Å². The van der Waals surface area contributed by atoms with Crippen LogP contribution in [-0.4, -0.2) is 55.0 Å². The molecular formula is C14H17FN2O2. The van der Waals surface area contributed by atoms with Gasteiger partial charge in [0.25, 0.3) is 5.91 Å². The Kier molecular flexibility index (Phi) is 3.14. The molecule has 2 aliphatic heterocycles. The maximum atomic E-state index is 13.1. The zero-order valence-electron chi connectivity index (χ0n) is 10.9. The Morgan fingerprint density at radius 2 is 2.05 bits per heavy atom. The normalized spacial score (nSPS) is 23.1. The number of rotatable bonds is 1. The van der Waals surface area contributed by atoms with Crippen molar-refractivity contribution in [1.82, 2.24) is 9.80 Å². The number of hydrogen-bond acceptors (Lipinski definition) is 3. The van der Waals surface area contributed by atoms with Crippen LogP contribution in [0.15, 0.2) is 18.2 Å².